The van der Waals surface area contributed by atoms with Crippen molar-refractivity contribution in [2.75, 3.05) is 39.8 Å². The molecule has 25 heavy (non-hydrogen) atoms. The smallest absolute Gasteiger partial charge is 0.259 e. The highest BCUT2D eigenvalue weighted by Crippen LogP contribution is 2.21. The minimum atomic E-state index is -0.415. The molecule has 8 heteroatoms. The van der Waals surface area contributed by atoms with Crippen LogP contribution >= 0.6 is 0 Å². The van der Waals surface area contributed by atoms with Gasteiger partial charge in [-0.3, -0.25) is 19.9 Å². The lowest BCUT2D eigenvalue weighted by molar-refractivity contribution is -0.463. The Balaban J connectivity index is 1.73. The molecule has 1 heterocycles. The number of carbonyl (C=O) groups is 1. The van der Waals surface area contributed by atoms with E-state index in [-0.39, 0.29) is 24.1 Å². The first-order chi connectivity index (χ1) is 12.0. The van der Waals surface area contributed by atoms with Crippen molar-refractivity contribution < 1.29 is 14.1 Å². The van der Waals surface area contributed by atoms with E-state index in [9.17, 15) is 19.3 Å². The molecule has 0 atom stereocenters. The number of hydrogen-bond donors (Lipinski definition) is 1. The first-order valence-corrected chi connectivity index (χ1v) is 8.33. The lowest BCUT2D eigenvalue weighted by Gasteiger charge is -2.31. The molecule has 1 N–H and O–H groups in total. The first-order valence-electron chi connectivity index (χ1n) is 8.33. The number of Topliss-reactive ketones (excluding diaryl/α,β-unsaturated/α-hetero) is 1. The van der Waals surface area contributed by atoms with Gasteiger partial charge in [-0.1, -0.05) is 0 Å². The number of hydrogen-bond acceptors (Lipinski definition) is 5. The topological polar surface area (TPSA) is 87.8 Å². The van der Waals surface area contributed by atoms with E-state index in [4.69, 9.17) is 0 Å². The van der Waals surface area contributed by atoms with E-state index in [0.717, 1.165) is 32.5 Å². The Bertz CT molecular complexity index is 625. The van der Waals surface area contributed by atoms with Crippen LogP contribution in [0.5, 0.6) is 0 Å². The standard InChI is InChI=1S/C17H23FN4O3/c1-19-16(12-22(24)25)20-8-11-21-9-6-14(7-10-21)17(23)13-2-4-15(18)5-3-13/h2-5,14H,6-12H2,1H3,(H,19,20). The minimum Gasteiger partial charge on any atom is -0.367 e. The van der Waals surface area contributed by atoms with Gasteiger partial charge >= 0.3 is 0 Å². The summed E-state index contributed by atoms with van der Waals surface area (Å²) >= 11 is 0. The van der Waals surface area contributed by atoms with Crippen LogP contribution < -0.4 is 5.32 Å². The molecule has 0 aliphatic carbocycles. The zero-order valence-corrected chi connectivity index (χ0v) is 14.3. The Hall–Kier alpha value is -2.35. The largest absolute Gasteiger partial charge is 0.367 e. The second-order valence-corrected chi connectivity index (χ2v) is 6.07. The molecule has 1 aromatic rings. The number of benzene rings is 1. The molecule has 0 saturated carbocycles. The predicted octanol–water partition coefficient (Wildman–Crippen LogP) is 1.61. The fourth-order valence-corrected chi connectivity index (χ4v) is 2.95. The maximum absolute atomic E-state index is 12.9. The molecule has 7 nitrogen and oxygen atoms in total. The van der Waals surface area contributed by atoms with E-state index in [1.807, 2.05) is 0 Å². The molecule has 0 unspecified atom stereocenters. The zero-order chi connectivity index (χ0) is 18.2. The fourth-order valence-electron chi connectivity index (χ4n) is 2.95. The van der Waals surface area contributed by atoms with Crippen molar-refractivity contribution in [1.29, 1.82) is 0 Å². The van der Waals surface area contributed by atoms with E-state index >= 15 is 0 Å². The third-order valence-corrected chi connectivity index (χ3v) is 4.39. The highest BCUT2D eigenvalue weighted by atomic mass is 19.1. The van der Waals surface area contributed by atoms with Crippen molar-refractivity contribution in [2.45, 2.75) is 12.8 Å². The van der Waals surface area contributed by atoms with E-state index in [1.54, 1.807) is 0 Å². The second-order valence-electron chi connectivity index (χ2n) is 6.07. The third-order valence-electron chi connectivity index (χ3n) is 4.39. The molecule has 0 amide bonds. The van der Waals surface area contributed by atoms with Gasteiger partial charge in [-0.15, -0.1) is 0 Å². The van der Waals surface area contributed by atoms with Crippen LogP contribution in [0.2, 0.25) is 0 Å². The highest BCUT2D eigenvalue weighted by Gasteiger charge is 2.25. The summed E-state index contributed by atoms with van der Waals surface area (Å²) in [5.74, 6) is 0.0680. The van der Waals surface area contributed by atoms with Crippen LogP contribution in [-0.2, 0) is 0 Å². The molecule has 1 aliphatic heterocycles. The van der Waals surface area contributed by atoms with Crippen LogP contribution in [0.1, 0.15) is 23.2 Å². The number of rotatable bonds is 7. The molecule has 0 spiro atoms. The summed E-state index contributed by atoms with van der Waals surface area (Å²) in [5, 5.41) is 13.5. The zero-order valence-electron chi connectivity index (χ0n) is 14.3. The van der Waals surface area contributed by atoms with E-state index in [0.29, 0.717) is 17.9 Å². The molecular formula is C17H23FN4O3. The van der Waals surface area contributed by atoms with Gasteiger partial charge in [0.1, 0.15) is 5.82 Å². The van der Waals surface area contributed by atoms with Gasteiger partial charge in [-0.25, -0.2) is 4.39 Å². The number of aliphatic imine (C=N–C) groups is 1. The summed E-state index contributed by atoms with van der Waals surface area (Å²) in [7, 11) is 1.53. The van der Waals surface area contributed by atoms with Gasteiger partial charge in [0, 0.05) is 36.5 Å². The minimum absolute atomic E-state index is 0.0306. The molecule has 1 fully saturated rings. The van der Waals surface area contributed by atoms with Crippen molar-refractivity contribution in [3.05, 3.63) is 45.8 Å². The molecule has 1 aliphatic rings. The number of nitro groups is 1. The fraction of sp³-hybridized carbons (Fsp3) is 0.529. The summed E-state index contributed by atoms with van der Waals surface area (Å²) in [5.41, 5.74) is 0.560. The molecule has 136 valence electrons. The van der Waals surface area contributed by atoms with Crippen LogP contribution in [0.15, 0.2) is 29.3 Å². The number of carbonyl (C=O) groups excluding carboxylic acids is 1. The Kier molecular flexibility index (Phi) is 7.00. The van der Waals surface area contributed by atoms with Crippen LogP contribution in [-0.4, -0.2) is 61.2 Å². The number of likely N-dealkylation sites (tertiary alicyclic amines) is 1. The normalized spacial score (nSPS) is 16.6. The third kappa shape index (κ3) is 5.90. The van der Waals surface area contributed by atoms with Gasteiger partial charge in [0.25, 0.3) is 6.54 Å². The van der Waals surface area contributed by atoms with Gasteiger partial charge in [0.2, 0.25) is 0 Å². The Morgan fingerprint density at radius 1 is 1.36 bits per heavy atom. The molecule has 0 aromatic heterocycles. The number of nitrogens with zero attached hydrogens (tertiary/aromatic N) is 3. The predicted molar refractivity (Wildman–Crippen MR) is 93.1 cm³/mol. The average molecular weight is 350 g/mol. The Labute approximate surface area is 146 Å². The van der Waals surface area contributed by atoms with E-state index in [1.165, 1.54) is 31.3 Å². The van der Waals surface area contributed by atoms with Crippen LogP contribution in [0, 0.1) is 21.8 Å². The lowest BCUT2D eigenvalue weighted by Crippen LogP contribution is -2.42. The van der Waals surface area contributed by atoms with Crippen LogP contribution in [0.25, 0.3) is 0 Å². The summed E-state index contributed by atoms with van der Waals surface area (Å²) in [6.45, 7) is 2.62. The number of piperidine rings is 1. The SMILES string of the molecule is CN=C(C[N+](=O)[O-])NCCN1CCC(C(=O)c2ccc(F)cc2)CC1. The molecule has 0 bridgehead atoms. The summed E-state index contributed by atoms with van der Waals surface area (Å²) in [4.78, 5) is 28.6. The van der Waals surface area contributed by atoms with Gasteiger partial charge in [0.05, 0.1) is 0 Å². The van der Waals surface area contributed by atoms with Crippen molar-refractivity contribution >= 4 is 11.6 Å². The Morgan fingerprint density at radius 2 is 2.00 bits per heavy atom. The maximum atomic E-state index is 12.9. The second kappa shape index (κ2) is 9.22. The van der Waals surface area contributed by atoms with Crippen LogP contribution in [0.4, 0.5) is 4.39 Å². The molecular weight excluding hydrogens is 327 g/mol. The number of nitrogens with one attached hydrogen (secondary N) is 1. The number of ketones is 1. The molecule has 1 saturated heterocycles. The number of amidine groups is 1. The first kappa shape index (κ1) is 19.0. The summed E-state index contributed by atoms with van der Waals surface area (Å²) in [6.07, 6.45) is 1.53. The summed E-state index contributed by atoms with van der Waals surface area (Å²) in [6, 6.07) is 5.70. The quantitative estimate of drug-likeness (QED) is 0.265. The monoisotopic (exact) mass is 350 g/mol. The van der Waals surface area contributed by atoms with E-state index < -0.39 is 4.92 Å². The van der Waals surface area contributed by atoms with Gasteiger partial charge in [-0.05, 0) is 50.2 Å². The molecule has 2 rings (SSSR count). The number of halogens is 1. The average Bonchev–Trinajstić information content (AvgIpc) is 2.61. The lowest BCUT2D eigenvalue weighted by atomic mass is 9.89. The van der Waals surface area contributed by atoms with Gasteiger partial charge in [-0.2, -0.15) is 0 Å². The van der Waals surface area contributed by atoms with Gasteiger partial charge in [0.15, 0.2) is 11.6 Å². The van der Waals surface area contributed by atoms with Crippen LogP contribution in [0.3, 0.4) is 0 Å². The molecule has 1 aromatic carbocycles. The Morgan fingerprint density at radius 3 is 2.56 bits per heavy atom. The van der Waals surface area contributed by atoms with Crippen molar-refractivity contribution in [1.82, 2.24) is 10.2 Å². The van der Waals surface area contributed by atoms with E-state index in [2.05, 4.69) is 15.2 Å². The van der Waals surface area contributed by atoms with Crippen molar-refractivity contribution in [2.24, 2.45) is 10.9 Å². The van der Waals surface area contributed by atoms with Gasteiger partial charge < -0.3 is 10.2 Å². The highest BCUT2D eigenvalue weighted by molar-refractivity contribution is 5.97. The summed E-state index contributed by atoms with van der Waals surface area (Å²) < 4.78 is 12.9. The van der Waals surface area contributed by atoms with Crippen molar-refractivity contribution in [3.63, 3.8) is 0 Å². The molecule has 0 radical (unpaired) electrons. The maximum Gasteiger partial charge on any atom is 0.259 e. The van der Waals surface area contributed by atoms with Crippen molar-refractivity contribution in [3.8, 4) is 0 Å².